The molecule has 0 saturated heterocycles. The number of amides is 1. The Labute approximate surface area is 209 Å². The van der Waals surface area contributed by atoms with Crippen molar-refractivity contribution in [1.29, 1.82) is 0 Å². The molecule has 5 aromatic rings. The lowest BCUT2D eigenvalue weighted by Gasteiger charge is -2.10. The number of alkyl halides is 3. The molecule has 1 aromatic carbocycles. The quantitative estimate of drug-likeness (QED) is 0.286. The maximum atomic E-state index is 13.7. The van der Waals surface area contributed by atoms with Gasteiger partial charge >= 0.3 is 6.18 Å². The number of rotatable bonds is 5. The minimum Gasteiger partial charge on any atom is -0.304 e. The van der Waals surface area contributed by atoms with Crippen molar-refractivity contribution >= 4 is 51.9 Å². The van der Waals surface area contributed by atoms with Crippen LogP contribution < -0.4 is 5.32 Å². The summed E-state index contributed by atoms with van der Waals surface area (Å²) in [5.74, 6) is -0.555. The minimum absolute atomic E-state index is 0.104. The topological polar surface area (TPSA) is 77.1 Å². The Hall–Kier alpha value is -3.41. The van der Waals surface area contributed by atoms with Gasteiger partial charge in [0.05, 0.1) is 17.1 Å². The van der Waals surface area contributed by atoms with E-state index in [-0.39, 0.29) is 29.4 Å². The van der Waals surface area contributed by atoms with Gasteiger partial charge in [-0.2, -0.15) is 23.4 Å². The lowest BCUT2D eigenvalue weighted by Crippen LogP contribution is -2.16. The average Bonchev–Trinajstić information content (AvgIpc) is 3.55. The van der Waals surface area contributed by atoms with Gasteiger partial charge in [0, 0.05) is 33.9 Å². The number of carbonyl (C=O) groups is 1. The van der Waals surface area contributed by atoms with Crippen molar-refractivity contribution < 1.29 is 18.0 Å². The summed E-state index contributed by atoms with van der Waals surface area (Å²) in [5.41, 5.74) is -0.582. The summed E-state index contributed by atoms with van der Waals surface area (Å²) in [6, 6.07) is 12.1. The van der Waals surface area contributed by atoms with Crippen molar-refractivity contribution in [3.8, 4) is 10.6 Å². The van der Waals surface area contributed by atoms with Crippen LogP contribution in [0.4, 0.5) is 19.0 Å². The molecule has 0 bridgehead atoms. The number of nitrogens with one attached hydrogen (secondary N) is 1. The van der Waals surface area contributed by atoms with Crippen LogP contribution in [0.2, 0.25) is 10.0 Å². The molecule has 35 heavy (non-hydrogen) atoms. The molecule has 1 amide bonds. The highest BCUT2D eigenvalue weighted by Crippen LogP contribution is 2.33. The molecule has 4 heterocycles. The largest absolute Gasteiger partial charge is 0.433 e. The van der Waals surface area contributed by atoms with Gasteiger partial charge in [-0.3, -0.25) is 9.48 Å². The molecular weight excluding hydrogens is 524 g/mol. The van der Waals surface area contributed by atoms with Crippen molar-refractivity contribution in [1.82, 2.24) is 24.4 Å². The van der Waals surface area contributed by atoms with E-state index in [2.05, 4.69) is 20.5 Å². The summed E-state index contributed by atoms with van der Waals surface area (Å²) in [4.78, 5) is 17.6. The number of halogens is 5. The normalized spacial score (nSPS) is 11.8. The predicted octanol–water partition coefficient (Wildman–Crippen LogP) is 6.28. The average molecular weight is 537 g/mol. The molecule has 178 valence electrons. The standard InChI is InChI=1S/C22H13Cl2F3N6OS/c23-13-3-1-4-14(24)12(13)11-32-7-6-19(31-32)29-21(34)16-10-20-28-15(17-5-2-8-35-17)9-18(22(25,26)27)33(20)30-16/h1-10H,11H2,(H,29,31,34). The van der Waals surface area contributed by atoms with Gasteiger partial charge in [-0.05, 0) is 29.6 Å². The summed E-state index contributed by atoms with van der Waals surface area (Å²) < 4.78 is 43.3. The van der Waals surface area contributed by atoms with Gasteiger partial charge in [0.2, 0.25) is 0 Å². The number of hydrogen-bond donors (Lipinski definition) is 1. The lowest BCUT2D eigenvalue weighted by atomic mass is 10.2. The van der Waals surface area contributed by atoms with Crippen LogP contribution in [0.25, 0.3) is 16.2 Å². The SMILES string of the molecule is O=C(Nc1ccn(Cc2c(Cl)cccc2Cl)n1)c1cc2nc(-c3cccs3)cc(C(F)(F)F)n2n1. The fraction of sp³-hybridized carbons (Fsp3) is 0.0909. The number of benzene rings is 1. The Morgan fingerprint density at radius 2 is 1.83 bits per heavy atom. The lowest BCUT2D eigenvalue weighted by molar-refractivity contribution is -0.142. The first-order chi connectivity index (χ1) is 16.7. The highest BCUT2D eigenvalue weighted by atomic mass is 35.5. The van der Waals surface area contributed by atoms with E-state index in [0.29, 0.717) is 25.0 Å². The van der Waals surface area contributed by atoms with E-state index in [1.807, 2.05) is 0 Å². The molecule has 13 heteroatoms. The molecule has 0 unspecified atom stereocenters. The third-order valence-electron chi connectivity index (χ3n) is 4.99. The number of hydrogen-bond acceptors (Lipinski definition) is 5. The first kappa shape index (κ1) is 23.3. The zero-order valence-corrected chi connectivity index (χ0v) is 19.8. The molecule has 0 aliphatic rings. The summed E-state index contributed by atoms with van der Waals surface area (Å²) in [5, 5.41) is 13.3. The van der Waals surface area contributed by atoms with Crippen LogP contribution in [-0.2, 0) is 12.7 Å². The number of fused-ring (bicyclic) bond motifs is 1. The second-order valence-electron chi connectivity index (χ2n) is 7.35. The number of thiophene rings is 1. The van der Waals surface area contributed by atoms with E-state index < -0.39 is 17.8 Å². The van der Waals surface area contributed by atoms with Crippen molar-refractivity contribution in [2.75, 3.05) is 5.32 Å². The monoisotopic (exact) mass is 536 g/mol. The first-order valence-corrected chi connectivity index (χ1v) is 11.6. The molecule has 1 N–H and O–H groups in total. The van der Waals surface area contributed by atoms with Gasteiger partial charge in [-0.15, -0.1) is 11.3 Å². The van der Waals surface area contributed by atoms with Gasteiger partial charge in [-0.25, -0.2) is 9.50 Å². The third-order valence-corrected chi connectivity index (χ3v) is 6.59. The number of carbonyl (C=O) groups excluding carboxylic acids is 1. The predicted molar refractivity (Wildman–Crippen MR) is 127 cm³/mol. The van der Waals surface area contributed by atoms with Crippen LogP contribution >= 0.6 is 34.5 Å². The van der Waals surface area contributed by atoms with E-state index in [1.54, 1.807) is 41.9 Å². The van der Waals surface area contributed by atoms with E-state index in [9.17, 15) is 18.0 Å². The zero-order chi connectivity index (χ0) is 24.7. The minimum atomic E-state index is -4.70. The van der Waals surface area contributed by atoms with E-state index >= 15 is 0 Å². The molecule has 0 saturated carbocycles. The number of anilines is 1. The maximum absolute atomic E-state index is 13.7. The maximum Gasteiger partial charge on any atom is 0.433 e. The van der Waals surface area contributed by atoms with Gasteiger partial charge in [0.25, 0.3) is 5.91 Å². The highest BCUT2D eigenvalue weighted by Gasteiger charge is 2.35. The molecule has 0 spiro atoms. The van der Waals surface area contributed by atoms with Crippen LogP contribution in [0, 0.1) is 0 Å². The van der Waals surface area contributed by atoms with Crippen molar-refractivity contribution in [3.05, 3.63) is 87.1 Å². The van der Waals surface area contributed by atoms with Gasteiger partial charge in [-0.1, -0.05) is 35.3 Å². The Morgan fingerprint density at radius 3 is 2.51 bits per heavy atom. The van der Waals surface area contributed by atoms with Gasteiger partial charge in [0.1, 0.15) is 0 Å². The summed E-state index contributed by atoms with van der Waals surface area (Å²) in [6.45, 7) is 0.257. The van der Waals surface area contributed by atoms with Gasteiger partial charge in [0.15, 0.2) is 22.9 Å². The number of nitrogens with zero attached hydrogens (tertiary/aromatic N) is 5. The van der Waals surface area contributed by atoms with Crippen LogP contribution in [0.15, 0.2) is 60.1 Å². The Morgan fingerprint density at radius 1 is 1.06 bits per heavy atom. The van der Waals surface area contributed by atoms with Gasteiger partial charge < -0.3 is 5.32 Å². The van der Waals surface area contributed by atoms with Crippen molar-refractivity contribution in [3.63, 3.8) is 0 Å². The molecule has 4 aromatic heterocycles. The second-order valence-corrected chi connectivity index (χ2v) is 9.12. The fourth-order valence-corrected chi connectivity index (χ4v) is 4.58. The van der Waals surface area contributed by atoms with Crippen LogP contribution in [-0.4, -0.2) is 30.3 Å². The van der Waals surface area contributed by atoms with Crippen molar-refractivity contribution in [2.24, 2.45) is 0 Å². The van der Waals surface area contributed by atoms with E-state index in [1.165, 1.54) is 28.2 Å². The van der Waals surface area contributed by atoms with Crippen LogP contribution in [0.3, 0.4) is 0 Å². The Kier molecular flexibility index (Phi) is 5.99. The van der Waals surface area contributed by atoms with Crippen LogP contribution in [0.1, 0.15) is 21.7 Å². The highest BCUT2D eigenvalue weighted by molar-refractivity contribution is 7.13. The van der Waals surface area contributed by atoms with Crippen molar-refractivity contribution in [2.45, 2.75) is 12.7 Å². The molecule has 0 fully saturated rings. The molecular formula is C22H13Cl2F3N6OS. The molecule has 5 rings (SSSR count). The number of aromatic nitrogens is 5. The Balaban J connectivity index is 1.42. The summed E-state index contributed by atoms with van der Waals surface area (Å²) >= 11 is 13.6. The van der Waals surface area contributed by atoms with Crippen LogP contribution in [0.5, 0.6) is 0 Å². The molecule has 0 aliphatic heterocycles. The summed E-state index contributed by atoms with van der Waals surface area (Å²) in [6.07, 6.45) is -3.10. The smallest absolute Gasteiger partial charge is 0.304 e. The summed E-state index contributed by atoms with van der Waals surface area (Å²) in [7, 11) is 0. The second kappa shape index (κ2) is 8.99. The molecule has 0 aliphatic carbocycles. The fourth-order valence-electron chi connectivity index (χ4n) is 3.38. The zero-order valence-electron chi connectivity index (χ0n) is 17.4. The van der Waals surface area contributed by atoms with E-state index in [4.69, 9.17) is 23.2 Å². The molecule has 0 radical (unpaired) electrons. The third kappa shape index (κ3) is 4.75. The first-order valence-electron chi connectivity index (χ1n) is 9.98. The molecule has 7 nitrogen and oxygen atoms in total. The molecule has 0 atom stereocenters. The van der Waals surface area contributed by atoms with E-state index in [0.717, 1.165) is 6.07 Å². The Bertz CT molecular complexity index is 1520.